The zero-order valence-corrected chi connectivity index (χ0v) is 10.3. The molecular weight excluding hydrogens is 268 g/mol. The standard InChI is InChI=1S/C12H11BrN2O/c13-9-4-1-3-8(7-9)11-10-5-2-6-14-12(10)16-15-11/h1,3-4,7,14H,2,5-6H2. The van der Waals surface area contributed by atoms with Crippen LogP contribution >= 0.6 is 15.9 Å². The van der Waals surface area contributed by atoms with E-state index in [1.54, 1.807) is 0 Å². The highest BCUT2D eigenvalue weighted by Gasteiger charge is 2.19. The van der Waals surface area contributed by atoms with Crippen molar-refractivity contribution in [2.75, 3.05) is 11.9 Å². The van der Waals surface area contributed by atoms with Crippen LogP contribution in [0.5, 0.6) is 0 Å². The van der Waals surface area contributed by atoms with Gasteiger partial charge in [-0.05, 0) is 25.0 Å². The Labute approximate surface area is 102 Å². The highest BCUT2D eigenvalue weighted by Crippen LogP contribution is 2.32. The molecule has 0 saturated heterocycles. The van der Waals surface area contributed by atoms with E-state index >= 15 is 0 Å². The Morgan fingerprint density at radius 2 is 2.31 bits per heavy atom. The molecule has 1 N–H and O–H groups in total. The molecule has 0 fully saturated rings. The van der Waals surface area contributed by atoms with E-state index in [0.29, 0.717) is 0 Å². The summed E-state index contributed by atoms with van der Waals surface area (Å²) in [5.74, 6) is 0.834. The van der Waals surface area contributed by atoms with Crippen LogP contribution in [0.4, 0.5) is 5.88 Å². The quantitative estimate of drug-likeness (QED) is 0.868. The van der Waals surface area contributed by atoms with Gasteiger partial charge >= 0.3 is 0 Å². The van der Waals surface area contributed by atoms with Crippen molar-refractivity contribution >= 4 is 21.8 Å². The number of hydrogen-bond acceptors (Lipinski definition) is 3. The van der Waals surface area contributed by atoms with Gasteiger partial charge in [0.05, 0.1) is 0 Å². The van der Waals surface area contributed by atoms with E-state index in [9.17, 15) is 0 Å². The van der Waals surface area contributed by atoms with Crippen LogP contribution in [0.1, 0.15) is 12.0 Å². The Balaban J connectivity index is 2.09. The minimum Gasteiger partial charge on any atom is -0.354 e. The van der Waals surface area contributed by atoms with Crippen LogP contribution in [0.25, 0.3) is 11.3 Å². The first-order valence-corrected chi connectivity index (χ1v) is 6.12. The van der Waals surface area contributed by atoms with Gasteiger partial charge < -0.3 is 9.84 Å². The third-order valence-corrected chi connectivity index (χ3v) is 3.27. The molecule has 1 aromatic carbocycles. The molecule has 1 aromatic heterocycles. The lowest BCUT2D eigenvalue weighted by Gasteiger charge is -2.11. The van der Waals surface area contributed by atoms with Gasteiger partial charge in [-0.15, -0.1) is 0 Å². The van der Waals surface area contributed by atoms with Crippen molar-refractivity contribution in [2.24, 2.45) is 0 Å². The van der Waals surface area contributed by atoms with Crippen molar-refractivity contribution < 1.29 is 4.52 Å². The summed E-state index contributed by atoms with van der Waals surface area (Å²) >= 11 is 3.47. The van der Waals surface area contributed by atoms with E-state index < -0.39 is 0 Å². The van der Waals surface area contributed by atoms with Gasteiger partial charge in [-0.2, -0.15) is 0 Å². The number of anilines is 1. The SMILES string of the molecule is Brc1cccc(-c2noc3c2CCCN3)c1. The minimum atomic E-state index is 0.834. The van der Waals surface area contributed by atoms with Crippen LogP contribution in [0, 0.1) is 0 Å². The molecule has 0 atom stereocenters. The Morgan fingerprint density at radius 1 is 1.38 bits per heavy atom. The number of rotatable bonds is 1. The Morgan fingerprint density at radius 3 is 3.19 bits per heavy atom. The van der Waals surface area contributed by atoms with Crippen LogP contribution in [0.15, 0.2) is 33.3 Å². The highest BCUT2D eigenvalue weighted by atomic mass is 79.9. The molecular formula is C12H11BrN2O. The summed E-state index contributed by atoms with van der Waals surface area (Å²) in [4.78, 5) is 0. The Bertz CT molecular complexity index is 521. The summed E-state index contributed by atoms with van der Waals surface area (Å²) in [5, 5.41) is 7.38. The third kappa shape index (κ3) is 1.63. The van der Waals surface area contributed by atoms with Gasteiger partial charge in [0.15, 0.2) is 0 Å². The lowest BCUT2D eigenvalue weighted by atomic mass is 10.0. The molecule has 4 heteroatoms. The van der Waals surface area contributed by atoms with Crippen LogP contribution in [-0.4, -0.2) is 11.7 Å². The van der Waals surface area contributed by atoms with E-state index in [-0.39, 0.29) is 0 Å². The molecule has 0 radical (unpaired) electrons. The molecule has 0 amide bonds. The molecule has 2 aromatic rings. The maximum absolute atomic E-state index is 5.30. The largest absolute Gasteiger partial charge is 0.354 e. The molecule has 1 aliphatic heterocycles. The molecule has 16 heavy (non-hydrogen) atoms. The predicted octanol–water partition coefficient (Wildman–Crippen LogP) is 3.46. The van der Waals surface area contributed by atoms with Crippen LogP contribution in [0.3, 0.4) is 0 Å². The van der Waals surface area contributed by atoms with Crippen molar-refractivity contribution in [1.82, 2.24) is 5.16 Å². The number of nitrogens with zero attached hydrogens (tertiary/aromatic N) is 1. The first kappa shape index (κ1) is 9.90. The molecule has 0 spiro atoms. The Kier molecular flexibility index (Phi) is 2.44. The fraction of sp³-hybridized carbons (Fsp3) is 0.250. The van der Waals surface area contributed by atoms with Crippen LogP contribution in [-0.2, 0) is 6.42 Å². The van der Waals surface area contributed by atoms with Gasteiger partial charge in [0.1, 0.15) is 5.69 Å². The van der Waals surface area contributed by atoms with Gasteiger partial charge in [-0.1, -0.05) is 33.2 Å². The summed E-state index contributed by atoms with van der Waals surface area (Å²) in [6.45, 7) is 0.972. The van der Waals surface area contributed by atoms with Crippen molar-refractivity contribution in [2.45, 2.75) is 12.8 Å². The molecule has 3 nitrogen and oxygen atoms in total. The molecule has 0 bridgehead atoms. The molecule has 3 rings (SSSR count). The van der Waals surface area contributed by atoms with Gasteiger partial charge in [0.2, 0.25) is 5.88 Å². The summed E-state index contributed by atoms with van der Waals surface area (Å²) in [5.41, 5.74) is 3.26. The second-order valence-corrected chi connectivity index (χ2v) is 4.80. The monoisotopic (exact) mass is 278 g/mol. The van der Waals surface area contributed by atoms with Crippen molar-refractivity contribution in [3.8, 4) is 11.3 Å². The molecule has 0 unspecified atom stereocenters. The van der Waals surface area contributed by atoms with E-state index in [1.165, 1.54) is 5.56 Å². The summed E-state index contributed by atoms with van der Waals surface area (Å²) in [6, 6.07) is 8.13. The fourth-order valence-corrected chi connectivity index (χ4v) is 2.41. The average molecular weight is 279 g/mol. The third-order valence-electron chi connectivity index (χ3n) is 2.78. The first-order chi connectivity index (χ1) is 7.84. The van der Waals surface area contributed by atoms with Crippen molar-refractivity contribution in [1.29, 1.82) is 0 Å². The molecule has 1 aliphatic rings. The van der Waals surface area contributed by atoms with Gasteiger partial charge in [-0.3, -0.25) is 0 Å². The summed E-state index contributed by atoms with van der Waals surface area (Å²) < 4.78 is 6.37. The average Bonchev–Trinajstić information content (AvgIpc) is 2.72. The molecule has 0 saturated carbocycles. The number of nitrogens with one attached hydrogen (secondary N) is 1. The maximum atomic E-state index is 5.30. The lowest BCUT2D eigenvalue weighted by molar-refractivity contribution is 0.431. The second-order valence-electron chi connectivity index (χ2n) is 3.88. The number of fused-ring (bicyclic) bond motifs is 1. The number of aromatic nitrogens is 1. The lowest BCUT2D eigenvalue weighted by Crippen LogP contribution is -2.09. The predicted molar refractivity (Wildman–Crippen MR) is 66.4 cm³/mol. The van der Waals surface area contributed by atoms with E-state index in [2.05, 4.69) is 38.5 Å². The first-order valence-electron chi connectivity index (χ1n) is 5.33. The minimum absolute atomic E-state index is 0.834. The summed E-state index contributed by atoms with van der Waals surface area (Å²) in [7, 11) is 0. The fourth-order valence-electron chi connectivity index (χ4n) is 2.01. The van der Waals surface area contributed by atoms with Crippen molar-refractivity contribution in [3.63, 3.8) is 0 Å². The zero-order valence-electron chi connectivity index (χ0n) is 8.66. The van der Waals surface area contributed by atoms with Gasteiger partial charge in [-0.25, -0.2) is 0 Å². The molecule has 82 valence electrons. The van der Waals surface area contributed by atoms with Crippen molar-refractivity contribution in [3.05, 3.63) is 34.3 Å². The Hall–Kier alpha value is -1.29. The van der Waals surface area contributed by atoms with E-state index in [0.717, 1.165) is 41.0 Å². The van der Waals surface area contributed by atoms with Crippen LogP contribution in [0.2, 0.25) is 0 Å². The van der Waals surface area contributed by atoms with E-state index in [1.807, 2.05) is 12.1 Å². The second kappa shape index (κ2) is 3.94. The van der Waals surface area contributed by atoms with Gasteiger partial charge in [0.25, 0.3) is 0 Å². The van der Waals surface area contributed by atoms with E-state index in [4.69, 9.17) is 4.52 Å². The summed E-state index contributed by atoms with van der Waals surface area (Å²) in [6.07, 6.45) is 2.17. The smallest absolute Gasteiger partial charge is 0.228 e. The number of hydrogen-bond donors (Lipinski definition) is 1. The highest BCUT2D eigenvalue weighted by molar-refractivity contribution is 9.10. The maximum Gasteiger partial charge on any atom is 0.228 e. The topological polar surface area (TPSA) is 38.1 Å². The number of halogens is 1. The number of benzene rings is 1. The molecule has 0 aliphatic carbocycles. The normalized spacial score (nSPS) is 14.3. The van der Waals surface area contributed by atoms with Gasteiger partial charge in [0, 0.05) is 22.1 Å². The van der Waals surface area contributed by atoms with Crippen LogP contribution < -0.4 is 5.32 Å². The zero-order chi connectivity index (χ0) is 11.0. The molecule has 2 heterocycles.